The SMILES string of the molecule is CCN[C@@H]1C=C[C@@H](CC)C[C@H]1COC(=O)[C@]12O[C@@]1(CC=C(C)C1([C@@H](NC(N)=NC)C3CCNC(N)C3)CCCC1)C(=O)C1CCCCC1C2=O. The molecule has 2 aliphatic heterocycles. The molecule has 278 valence electrons. The zero-order valence-electron chi connectivity index (χ0n) is 30.8. The number of hydrogen-bond donors (Lipinski definition) is 5. The first-order valence-corrected chi connectivity index (χ1v) is 19.6. The van der Waals surface area contributed by atoms with Gasteiger partial charge in [-0.25, -0.2) is 4.79 Å². The van der Waals surface area contributed by atoms with Gasteiger partial charge in [0.25, 0.3) is 5.60 Å². The van der Waals surface area contributed by atoms with E-state index in [-0.39, 0.29) is 60.1 Å². The molecule has 5 fully saturated rings. The van der Waals surface area contributed by atoms with Crippen LogP contribution in [-0.2, 0) is 23.9 Å². The molecule has 0 bridgehead atoms. The number of aliphatic imine (C=N–C) groups is 1. The van der Waals surface area contributed by atoms with Crippen molar-refractivity contribution in [2.75, 3.05) is 26.7 Å². The molecule has 7 N–H and O–H groups in total. The van der Waals surface area contributed by atoms with Crippen molar-refractivity contribution >= 4 is 23.5 Å². The fourth-order valence-corrected chi connectivity index (χ4v) is 10.6. The number of ether oxygens (including phenoxy) is 2. The number of fused-ring (bicyclic) bond motifs is 2. The molecule has 0 amide bonds. The lowest BCUT2D eigenvalue weighted by atomic mass is 9.60. The van der Waals surface area contributed by atoms with E-state index in [0.29, 0.717) is 24.7 Å². The monoisotopic (exact) mass is 694 g/mol. The van der Waals surface area contributed by atoms with Crippen LogP contribution in [-0.4, -0.2) is 79.7 Å². The average molecular weight is 695 g/mol. The van der Waals surface area contributed by atoms with Crippen molar-refractivity contribution in [1.82, 2.24) is 16.0 Å². The van der Waals surface area contributed by atoms with Crippen LogP contribution in [0.3, 0.4) is 0 Å². The molecule has 2 saturated heterocycles. The van der Waals surface area contributed by atoms with Gasteiger partial charge in [-0.15, -0.1) is 0 Å². The van der Waals surface area contributed by atoms with E-state index in [1.165, 1.54) is 0 Å². The normalized spacial score (nSPS) is 39.0. The van der Waals surface area contributed by atoms with Gasteiger partial charge in [-0.2, -0.15) is 0 Å². The summed E-state index contributed by atoms with van der Waals surface area (Å²) in [6.07, 6.45) is 17.4. The molecule has 0 radical (unpaired) electrons. The molecule has 2 heterocycles. The van der Waals surface area contributed by atoms with Crippen LogP contribution < -0.4 is 27.4 Å². The largest absolute Gasteiger partial charge is 0.463 e. The Morgan fingerprint density at radius 3 is 2.48 bits per heavy atom. The number of hydrogen-bond acceptors (Lipinski definition) is 9. The summed E-state index contributed by atoms with van der Waals surface area (Å²) < 4.78 is 12.5. The summed E-state index contributed by atoms with van der Waals surface area (Å²) in [6, 6.07) is 0.0819. The molecule has 4 unspecified atom stereocenters. The van der Waals surface area contributed by atoms with E-state index < -0.39 is 29.0 Å². The highest BCUT2D eigenvalue weighted by molar-refractivity contribution is 6.23. The summed E-state index contributed by atoms with van der Waals surface area (Å²) >= 11 is 0. The second kappa shape index (κ2) is 15.2. The number of likely N-dealkylation sites (N-methyl/N-ethyl adjacent to an activating group) is 1. The van der Waals surface area contributed by atoms with Gasteiger partial charge in [0, 0.05) is 48.7 Å². The van der Waals surface area contributed by atoms with Gasteiger partial charge in [-0.3, -0.25) is 14.6 Å². The molecule has 0 aromatic rings. The standard InChI is InChI=1S/C39H62N6O5/c1-5-25-13-14-30(43-6-2)27(21-25)23-49-35(48)39-34(47)29-12-8-7-11-28(29)33(46)38(39,50-39)19-15-24(3)37(17-9-10-18-37)32(45-36(41)42-4)26-16-20-44-31(40)22-26/h13-15,25-32,43-44H,5-12,16-23,40H2,1-4H3,(H3,41,42,45)/t25-,26?,27+,28?,29?,30-,31?,32+,38+,39+/m1/s1. The van der Waals surface area contributed by atoms with E-state index in [1.54, 1.807) is 7.05 Å². The second-order valence-corrected chi connectivity index (χ2v) is 16.1. The summed E-state index contributed by atoms with van der Waals surface area (Å²) in [4.78, 5) is 47.5. The van der Waals surface area contributed by atoms with Crippen LogP contribution in [0.2, 0.25) is 0 Å². The third kappa shape index (κ3) is 6.49. The summed E-state index contributed by atoms with van der Waals surface area (Å²) in [5.74, 6) is -0.768. The minimum Gasteiger partial charge on any atom is -0.463 e. The van der Waals surface area contributed by atoms with Crippen LogP contribution in [0.15, 0.2) is 28.8 Å². The van der Waals surface area contributed by atoms with Crippen molar-refractivity contribution < 1.29 is 23.9 Å². The van der Waals surface area contributed by atoms with Crippen molar-refractivity contribution in [3.8, 4) is 0 Å². The predicted molar refractivity (Wildman–Crippen MR) is 194 cm³/mol. The number of nitrogens with two attached hydrogens (primary N) is 2. The molecule has 10 atom stereocenters. The van der Waals surface area contributed by atoms with Gasteiger partial charge in [-0.05, 0) is 83.2 Å². The Hall–Kier alpha value is -2.60. The van der Waals surface area contributed by atoms with E-state index in [0.717, 1.165) is 82.9 Å². The number of carbonyl (C=O) groups is 3. The van der Waals surface area contributed by atoms with Gasteiger partial charge >= 0.3 is 5.97 Å². The molecule has 6 aliphatic rings. The first kappa shape index (κ1) is 37.2. The number of Topliss-reactive ketones (excluding diaryl/α,β-unsaturated/α-hetero) is 2. The topological polar surface area (TPSA) is 173 Å². The number of carbonyl (C=O) groups excluding carboxylic acids is 3. The molecule has 50 heavy (non-hydrogen) atoms. The molecule has 3 saturated carbocycles. The minimum atomic E-state index is -1.87. The Kier molecular flexibility index (Phi) is 11.3. The van der Waals surface area contributed by atoms with Crippen LogP contribution in [0, 0.1) is 35.0 Å². The first-order valence-electron chi connectivity index (χ1n) is 19.6. The first-order chi connectivity index (χ1) is 24.1. The van der Waals surface area contributed by atoms with E-state index in [1.807, 2.05) is 0 Å². The Labute approximate surface area is 298 Å². The number of esters is 1. The van der Waals surface area contributed by atoms with Crippen molar-refractivity contribution in [2.45, 2.75) is 134 Å². The molecule has 6 rings (SSSR count). The van der Waals surface area contributed by atoms with Crippen molar-refractivity contribution in [3.05, 3.63) is 23.8 Å². The highest BCUT2D eigenvalue weighted by atomic mass is 16.7. The third-order valence-corrected chi connectivity index (χ3v) is 13.5. The van der Waals surface area contributed by atoms with Gasteiger partial charge in [0.15, 0.2) is 23.1 Å². The number of epoxide rings is 1. The van der Waals surface area contributed by atoms with Crippen molar-refractivity contribution in [3.63, 3.8) is 0 Å². The smallest absolute Gasteiger partial charge is 0.350 e. The maximum Gasteiger partial charge on any atom is 0.350 e. The van der Waals surface area contributed by atoms with Crippen LogP contribution in [0.5, 0.6) is 0 Å². The Balaban J connectivity index is 1.29. The van der Waals surface area contributed by atoms with E-state index in [2.05, 4.69) is 59.9 Å². The Morgan fingerprint density at radius 1 is 1.10 bits per heavy atom. The van der Waals surface area contributed by atoms with Crippen molar-refractivity contribution in [2.24, 2.45) is 51.5 Å². The molecule has 4 aliphatic carbocycles. The zero-order chi connectivity index (χ0) is 35.7. The molecule has 0 aromatic heterocycles. The number of piperidine rings is 1. The number of nitrogens with one attached hydrogen (secondary N) is 3. The lowest BCUT2D eigenvalue weighted by Gasteiger charge is -2.46. The van der Waals surface area contributed by atoms with Gasteiger partial charge in [0.1, 0.15) is 0 Å². The van der Waals surface area contributed by atoms with E-state index >= 15 is 0 Å². The fourth-order valence-electron chi connectivity index (χ4n) is 10.6. The molecular weight excluding hydrogens is 632 g/mol. The fraction of sp³-hybridized carbons (Fsp3) is 0.795. The van der Waals surface area contributed by atoms with Gasteiger partial charge in [0.05, 0.1) is 12.8 Å². The average Bonchev–Trinajstić information content (AvgIpc) is 3.60. The van der Waals surface area contributed by atoms with Crippen LogP contribution in [0.1, 0.15) is 104 Å². The summed E-state index contributed by atoms with van der Waals surface area (Å²) in [5, 5.41) is 10.5. The molecule has 0 spiro atoms. The summed E-state index contributed by atoms with van der Waals surface area (Å²) in [5.41, 5.74) is 10.2. The van der Waals surface area contributed by atoms with Crippen molar-refractivity contribution in [1.29, 1.82) is 0 Å². The van der Waals surface area contributed by atoms with Crippen LogP contribution in [0.4, 0.5) is 0 Å². The number of allylic oxidation sites excluding steroid dienone is 1. The highest BCUT2D eigenvalue weighted by Crippen LogP contribution is 2.62. The molecule has 11 nitrogen and oxygen atoms in total. The van der Waals surface area contributed by atoms with Gasteiger partial charge in [-0.1, -0.05) is 63.3 Å². The summed E-state index contributed by atoms with van der Waals surface area (Å²) in [6.45, 7) is 8.18. The van der Waals surface area contributed by atoms with E-state index in [4.69, 9.17) is 20.9 Å². The maximum atomic E-state index is 14.5. The predicted octanol–water partition coefficient (Wildman–Crippen LogP) is 3.66. The Bertz CT molecular complexity index is 1370. The third-order valence-electron chi connectivity index (χ3n) is 13.5. The maximum absolute atomic E-state index is 14.5. The lowest BCUT2D eigenvalue weighted by molar-refractivity contribution is -0.160. The number of ketones is 2. The zero-order valence-corrected chi connectivity index (χ0v) is 30.8. The highest BCUT2D eigenvalue weighted by Gasteiger charge is 2.87. The van der Waals surface area contributed by atoms with Gasteiger partial charge in [0.2, 0.25) is 0 Å². The quantitative estimate of drug-likeness (QED) is 0.0507. The van der Waals surface area contributed by atoms with Crippen LogP contribution >= 0.6 is 0 Å². The lowest BCUT2D eigenvalue weighted by Crippen LogP contribution is -2.58. The molecule has 11 heteroatoms. The van der Waals surface area contributed by atoms with E-state index in [9.17, 15) is 14.4 Å². The Morgan fingerprint density at radius 2 is 1.82 bits per heavy atom. The number of nitrogens with zero attached hydrogens (tertiary/aromatic N) is 1. The summed E-state index contributed by atoms with van der Waals surface area (Å²) in [7, 11) is 1.69. The molecular formula is C39H62N6O5. The number of rotatable bonds is 12. The number of guanidine groups is 1. The van der Waals surface area contributed by atoms with Crippen LogP contribution in [0.25, 0.3) is 0 Å². The minimum absolute atomic E-state index is 0.00183. The van der Waals surface area contributed by atoms with Gasteiger partial charge < -0.3 is 36.9 Å². The molecule has 0 aromatic carbocycles. The second-order valence-electron chi connectivity index (χ2n) is 16.1.